The van der Waals surface area contributed by atoms with E-state index >= 15 is 0 Å². The van der Waals surface area contributed by atoms with Crippen LogP contribution in [0, 0.1) is 5.92 Å². The fourth-order valence-corrected chi connectivity index (χ4v) is 2.71. The minimum atomic E-state index is -0.849. The molecule has 0 aromatic heterocycles. The predicted molar refractivity (Wildman–Crippen MR) is 81.6 cm³/mol. The Morgan fingerprint density at radius 2 is 2.24 bits per heavy atom. The third kappa shape index (κ3) is 3.87. The van der Waals surface area contributed by atoms with Crippen LogP contribution >= 0.6 is 15.9 Å². The van der Waals surface area contributed by atoms with E-state index in [0.29, 0.717) is 30.8 Å². The van der Waals surface area contributed by atoms with Gasteiger partial charge in [-0.25, -0.2) is 4.79 Å². The molecule has 1 atom stereocenters. The number of carboxylic acid groups (broad SMARTS) is 1. The molecule has 7 heteroatoms. The first kappa shape index (κ1) is 15.6. The zero-order chi connectivity index (χ0) is 15.4. The summed E-state index contributed by atoms with van der Waals surface area (Å²) in [6.45, 7) is 0.818. The number of nitrogens with zero attached hydrogens (tertiary/aromatic N) is 1. The maximum atomic E-state index is 12.2. The molecule has 1 saturated heterocycles. The zero-order valence-corrected chi connectivity index (χ0v) is 13.2. The average Bonchev–Trinajstić information content (AvgIpc) is 2.49. The second-order valence-electron chi connectivity index (χ2n) is 4.90. The van der Waals surface area contributed by atoms with Crippen molar-refractivity contribution < 1.29 is 19.4 Å². The first-order valence-electron chi connectivity index (χ1n) is 6.63. The van der Waals surface area contributed by atoms with Gasteiger partial charge >= 0.3 is 12.0 Å². The standard InChI is InChI=1S/C14H17BrN2O4/c1-21-12-7-10(4-5-11(12)15)16-14(20)17-6-2-3-9(8-17)13(18)19/h4-5,7,9H,2-3,6,8H2,1H3,(H,16,20)(H,18,19)/t9-/m1/s1. The molecular weight excluding hydrogens is 340 g/mol. The Labute approximate surface area is 131 Å². The minimum Gasteiger partial charge on any atom is -0.495 e. The van der Waals surface area contributed by atoms with Crippen LogP contribution in [-0.4, -0.2) is 42.2 Å². The summed E-state index contributed by atoms with van der Waals surface area (Å²) in [5, 5.41) is 11.8. The molecule has 0 bridgehead atoms. The van der Waals surface area contributed by atoms with E-state index in [9.17, 15) is 9.59 Å². The van der Waals surface area contributed by atoms with Crippen LogP contribution in [0.2, 0.25) is 0 Å². The number of carbonyl (C=O) groups excluding carboxylic acids is 1. The number of piperidine rings is 1. The molecule has 1 aliphatic heterocycles. The number of rotatable bonds is 3. The van der Waals surface area contributed by atoms with Gasteiger partial charge in [-0.2, -0.15) is 0 Å². The number of nitrogens with one attached hydrogen (secondary N) is 1. The number of benzene rings is 1. The van der Waals surface area contributed by atoms with Crippen molar-refractivity contribution in [2.24, 2.45) is 5.92 Å². The first-order valence-corrected chi connectivity index (χ1v) is 7.43. The SMILES string of the molecule is COc1cc(NC(=O)N2CCC[C@@H](C(=O)O)C2)ccc1Br. The van der Waals surface area contributed by atoms with E-state index in [1.54, 1.807) is 25.3 Å². The van der Waals surface area contributed by atoms with Crippen molar-refractivity contribution in [3.8, 4) is 5.75 Å². The summed E-state index contributed by atoms with van der Waals surface area (Å²) in [7, 11) is 1.55. The van der Waals surface area contributed by atoms with Gasteiger partial charge in [-0.15, -0.1) is 0 Å². The number of urea groups is 1. The fourth-order valence-electron chi connectivity index (χ4n) is 2.30. The lowest BCUT2D eigenvalue weighted by atomic mass is 9.99. The highest BCUT2D eigenvalue weighted by atomic mass is 79.9. The number of ether oxygens (including phenoxy) is 1. The average molecular weight is 357 g/mol. The molecule has 0 saturated carbocycles. The monoisotopic (exact) mass is 356 g/mol. The summed E-state index contributed by atoms with van der Waals surface area (Å²) in [6.07, 6.45) is 1.32. The Kier molecular flexibility index (Phi) is 5.06. The number of halogens is 1. The zero-order valence-electron chi connectivity index (χ0n) is 11.6. The van der Waals surface area contributed by atoms with E-state index in [0.717, 1.165) is 4.47 Å². The van der Waals surface area contributed by atoms with Crippen LogP contribution in [0.4, 0.5) is 10.5 Å². The highest BCUT2D eigenvalue weighted by Gasteiger charge is 2.28. The normalized spacial score (nSPS) is 18.2. The summed E-state index contributed by atoms with van der Waals surface area (Å²) < 4.78 is 5.97. The van der Waals surface area contributed by atoms with E-state index < -0.39 is 11.9 Å². The quantitative estimate of drug-likeness (QED) is 0.872. The van der Waals surface area contributed by atoms with Crippen LogP contribution in [0.25, 0.3) is 0 Å². The van der Waals surface area contributed by atoms with E-state index in [1.165, 1.54) is 4.90 Å². The molecule has 0 aliphatic carbocycles. The third-order valence-electron chi connectivity index (χ3n) is 3.46. The first-order chi connectivity index (χ1) is 10.0. The summed E-state index contributed by atoms with van der Waals surface area (Å²) in [5.74, 6) is -0.711. The van der Waals surface area contributed by atoms with Crippen LogP contribution in [0.1, 0.15) is 12.8 Å². The van der Waals surface area contributed by atoms with Gasteiger partial charge in [0.25, 0.3) is 0 Å². The molecule has 2 N–H and O–H groups in total. The molecule has 1 aromatic rings. The topological polar surface area (TPSA) is 78.9 Å². The molecule has 21 heavy (non-hydrogen) atoms. The molecule has 114 valence electrons. The summed E-state index contributed by atoms with van der Waals surface area (Å²) in [5.41, 5.74) is 0.609. The maximum Gasteiger partial charge on any atom is 0.321 e. The molecule has 0 radical (unpaired) electrons. The lowest BCUT2D eigenvalue weighted by Crippen LogP contribution is -2.44. The van der Waals surface area contributed by atoms with Crippen molar-refractivity contribution in [2.45, 2.75) is 12.8 Å². The Morgan fingerprint density at radius 3 is 2.90 bits per heavy atom. The number of amides is 2. The van der Waals surface area contributed by atoms with Crippen LogP contribution in [0.3, 0.4) is 0 Å². The van der Waals surface area contributed by atoms with Gasteiger partial charge in [-0.1, -0.05) is 0 Å². The van der Waals surface area contributed by atoms with Gasteiger partial charge in [0.2, 0.25) is 0 Å². The Hall–Kier alpha value is -1.76. The van der Waals surface area contributed by atoms with Crippen molar-refractivity contribution in [3.05, 3.63) is 22.7 Å². The summed E-state index contributed by atoms with van der Waals surface area (Å²) in [6, 6.07) is 4.96. The molecule has 0 unspecified atom stereocenters. The molecule has 1 aromatic carbocycles. The number of likely N-dealkylation sites (tertiary alicyclic amines) is 1. The van der Waals surface area contributed by atoms with Gasteiger partial charge in [0.15, 0.2) is 0 Å². The van der Waals surface area contributed by atoms with E-state index in [4.69, 9.17) is 9.84 Å². The highest BCUT2D eigenvalue weighted by molar-refractivity contribution is 9.10. The number of aliphatic carboxylic acids is 1. The number of anilines is 1. The minimum absolute atomic E-state index is 0.245. The second kappa shape index (κ2) is 6.80. The number of hydrogen-bond acceptors (Lipinski definition) is 3. The van der Waals surface area contributed by atoms with Gasteiger partial charge < -0.3 is 20.1 Å². The van der Waals surface area contributed by atoms with E-state index in [2.05, 4.69) is 21.2 Å². The number of carboxylic acids is 1. The van der Waals surface area contributed by atoms with Gasteiger partial charge in [0, 0.05) is 24.8 Å². The van der Waals surface area contributed by atoms with Crippen molar-refractivity contribution >= 4 is 33.6 Å². The largest absolute Gasteiger partial charge is 0.495 e. The van der Waals surface area contributed by atoms with Crippen molar-refractivity contribution in [1.29, 1.82) is 0 Å². The van der Waals surface area contributed by atoms with Crippen LogP contribution in [0.15, 0.2) is 22.7 Å². The lowest BCUT2D eigenvalue weighted by molar-refractivity contribution is -0.143. The van der Waals surface area contributed by atoms with Crippen molar-refractivity contribution in [1.82, 2.24) is 4.90 Å². The summed E-state index contributed by atoms with van der Waals surface area (Å²) in [4.78, 5) is 24.7. The number of hydrogen-bond donors (Lipinski definition) is 2. The Bertz CT molecular complexity index is 550. The molecule has 1 heterocycles. The third-order valence-corrected chi connectivity index (χ3v) is 4.12. The molecule has 2 rings (SSSR count). The van der Waals surface area contributed by atoms with Crippen molar-refractivity contribution in [3.63, 3.8) is 0 Å². The van der Waals surface area contributed by atoms with Crippen LogP contribution in [0.5, 0.6) is 5.75 Å². The number of carbonyl (C=O) groups is 2. The molecule has 6 nitrogen and oxygen atoms in total. The number of methoxy groups -OCH3 is 1. The second-order valence-corrected chi connectivity index (χ2v) is 5.76. The van der Waals surface area contributed by atoms with E-state index in [-0.39, 0.29) is 12.6 Å². The van der Waals surface area contributed by atoms with Gasteiger partial charge in [0.1, 0.15) is 5.75 Å². The Morgan fingerprint density at radius 1 is 1.48 bits per heavy atom. The molecule has 1 aliphatic rings. The molecule has 2 amide bonds. The maximum absolute atomic E-state index is 12.2. The lowest BCUT2D eigenvalue weighted by Gasteiger charge is -2.30. The molecular formula is C14H17BrN2O4. The smallest absolute Gasteiger partial charge is 0.321 e. The van der Waals surface area contributed by atoms with Crippen molar-refractivity contribution in [2.75, 3.05) is 25.5 Å². The summed E-state index contributed by atoms with van der Waals surface area (Å²) >= 11 is 3.34. The Balaban J connectivity index is 2.02. The van der Waals surface area contributed by atoms with Crippen LogP contribution < -0.4 is 10.1 Å². The fraction of sp³-hybridized carbons (Fsp3) is 0.429. The van der Waals surface area contributed by atoms with Gasteiger partial charge in [0.05, 0.1) is 17.5 Å². The highest BCUT2D eigenvalue weighted by Crippen LogP contribution is 2.28. The predicted octanol–water partition coefficient (Wildman–Crippen LogP) is 2.79. The molecule has 0 spiro atoms. The van der Waals surface area contributed by atoms with E-state index in [1.807, 2.05) is 0 Å². The molecule has 1 fully saturated rings. The van der Waals surface area contributed by atoms with Crippen LogP contribution in [-0.2, 0) is 4.79 Å². The van der Waals surface area contributed by atoms with Gasteiger partial charge in [-0.3, -0.25) is 4.79 Å². The van der Waals surface area contributed by atoms with Gasteiger partial charge in [-0.05, 0) is 40.9 Å².